The fraction of sp³-hybridized carbons (Fsp3) is 0.478. The molecule has 4 rings (SSSR count). The highest BCUT2D eigenvalue weighted by atomic mass is 31.2. The van der Waals surface area contributed by atoms with Gasteiger partial charge in [0.1, 0.15) is 24.0 Å². The number of anilines is 1. The van der Waals surface area contributed by atoms with E-state index in [1.54, 1.807) is 32.0 Å². The largest absolute Gasteiger partial charge is 0.462 e. The Hall–Kier alpha value is -3.36. The number of aliphatic hydroxyl groups excluding tert-OH is 1. The van der Waals surface area contributed by atoms with Gasteiger partial charge in [-0.15, -0.1) is 0 Å². The zero-order valence-electron chi connectivity index (χ0n) is 21.6. The number of para-hydroxylation sites is 1. The minimum Gasteiger partial charge on any atom is -0.462 e. The predicted molar refractivity (Wildman–Crippen MR) is 136 cm³/mol. The molecule has 3 heterocycles. The second kappa shape index (κ2) is 11.0. The van der Waals surface area contributed by atoms with E-state index in [0.29, 0.717) is 0 Å². The summed E-state index contributed by atoms with van der Waals surface area (Å²) in [6, 6.07) is 6.93. The monoisotopic (exact) mass is 568 g/mol. The van der Waals surface area contributed by atoms with E-state index in [2.05, 4.69) is 20.0 Å². The number of aromatic amines is 1. The number of carbonyl (C=O) groups excluding carboxylic acids is 1. The molecule has 3 aromatic rings. The number of nitrogens with two attached hydrogens (primary N) is 1. The van der Waals surface area contributed by atoms with Crippen molar-refractivity contribution in [2.45, 2.75) is 63.9 Å². The molecule has 0 spiro atoms. The van der Waals surface area contributed by atoms with E-state index >= 15 is 4.39 Å². The standard InChI is InChI=1S/C23H30FN6O8P/c1-12(2)36-20(33)13(3)29-39(34,38-14-8-6-5-7-9-14)35-10-15-17(31)23(4,24)21(37-15)30-11-26-16-18(30)27-22(25)28-19(16)32/h5-9,11-13,15,17,21,31H,10H2,1-4H3,(H,29,34)(H3,25,27,28,32)/t13-,15+,17+,21+,23+,39?/m0/s1. The van der Waals surface area contributed by atoms with Crippen LogP contribution < -0.4 is 20.9 Å². The molecule has 0 radical (unpaired) electrons. The van der Waals surface area contributed by atoms with Crippen LogP contribution in [-0.2, 0) is 23.4 Å². The van der Waals surface area contributed by atoms with Gasteiger partial charge < -0.3 is 24.8 Å². The van der Waals surface area contributed by atoms with Gasteiger partial charge in [0.15, 0.2) is 23.1 Å². The van der Waals surface area contributed by atoms with Crippen LogP contribution in [0.1, 0.15) is 33.9 Å². The van der Waals surface area contributed by atoms with Gasteiger partial charge in [0.25, 0.3) is 5.56 Å². The average Bonchev–Trinajstić information content (AvgIpc) is 3.36. The van der Waals surface area contributed by atoms with Gasteiger partial charge in [-0.2, -0.15) is 10.1 Å². The van der Waals surface area contributed by atoms with Crippen LogP contribution >= 0.6 is 7.75 Å². The van der Waals surface area contributed by atoms with Crippen LogP contribution in [0.4, 0.5) is 10.3 Å². The Bertz CT molecular complexity index is 1430. The molecule has 0 aliphatic carbocycles. The van der Waals surface area contributed by atoms with Gasteiger partial charge in [-0.25, -0.2) is 13.9 Å². The van der Waals surface area contributed by atoms with Gasteiger partial charge in [-0.1, -0.05) is 18.2 Å². The number of alkyl halides is 1. The highest BCUT2D eigenvalue weighted by Crippen LogP contribution is 2.48. The Labute approximate surface area is 222 Å². The maximum atomic E-state index is 15.8. The van der Waals surface area contributed by atoms with E-state index < -0.39 is 62.1 Å². The first-order chi connectivity index (χ1) is 18.3. The molecule has 0 bridgehead atoms. The van der Waals surface area contributed by atoms with E-state index in [4.69, 9.17) is 24.3 Å². The number of aliphatic hydroxyl groups is 1. The number of nitrogens with zero attached hydrogens (tertiary/aromatic N) is 3. The van der Waals surface area contributed by atoms with Crippen molar-refractivity contribution in [2.24, 2.45) is 0 Å². The number of H-pyrrole nitrogens is 1. The number of ether oxygens (including phenoxy) is 2. The third kappa shape index (κ3) is 6.12. The minimum absolute atomic E-state index is 0.0591. The van der Waals surface area contributed by atoms with Crippen molar-refractivity contribution in [2.75, 3.05) is 12.3 Å². The number of aromatic nitrogens is 4. The van der Waals surface area contributed by atoms with Crippen molar-refractivity contribution in [1.82, 2.24) is 24.6 Å². The maximum absolute atomic E-state index is 15.8. The smallest absolute Gasteiger partial charge is 0.459 e. The summed E-state index contributed by atoms with van der Waals surface area (Å²) < 4.78 is 52.6. The van der Waals surface area contributed by atoms with E-state index in [-0.39, 0.29) is 22.9 Å². The van der Waals surface area contributed by atoms with Crippen molar-refractivity contribution in [1.29, 1.82) is 0 Å². The molecule has 1 saturated heterocycles. The van der Waals surface area contributed by atoms with Crippen LogP contribution in [-0.4, -0.2) is 67.2 Å². The Balaban J connectivity index is 1.56. The normalized spacial score (nSPS) is 25.5. The molecule has 5 N–H and O–H groups in total. The molecular formula is C23H30FN6O8P. The van der Waals surface area contributed by atoms with Gasteiger partial charge in [0.05, 0.1) is 19.0 Å². The fourth-order valence-electron chi connectivity index (χ4n) is 3.97. The number of hydrogen-bond acceptors (Lipinski definition) is 11. The number of carbonyl (C=O) groups is 1. The Morgan fingerprint density at radius 2 is 2.05 bits per heavy atom. The molecule has 2 aromatic heterocycles. The molecule has 0 amide bonds. The summed E-state index contributed by atoms with van der Waals surface area (Å²) in [5.41, 5.74) is 2.40. The lowest BCUT2D eigenvalue weighted by Gasteiger charge is -2.25. The topological polar surface area (TPSA) is 193 Å². The van der Waals surface area contributed by atoms with Crippen molar-refractivity contribution >= 4 is 30.8 Å². The third-order valence-electron chi connectivity index (χ3n) is 5.86. The van der Waals surface area contributed by atoms with Gasteiger partial charge in [-0.05, 0) is 39.8 Å². The molecule has 1 fully saturated rings. The quantitative estimate of drug-likeness (QED) is 0.205. The van der Waals surface area contributed by atoms with Crippen LogP contribution in [0.3, 0.4) is 0 Å². The molecule has 39 heavy (non-hydrogen) atoms. The summed E-state index contributed by atoms with van der Waals surface area (Å²) in [5.74, 6) is -0.756. The van der Waals surface area contributed by atoms with Crippen LogP contribution in [0.2, 0.25) is 0 Å². The highest BCUT2D eigenvalue weighted by Gasteiger charge is 2.56. The molecule has 0 saturated carbocycles. The number of fused-ring (bicyclic) bond motifs is 1. The SMILES string of the molecule is CC(C)OC(=O)[C@H](C)NP(=O)(OC[C@H]1O[C@@H](n2cnc3c(=O)[nH]c(N)nc32)[C@](C)(F)[C@@H]1O)Oc1ccccc1. The number of rotatable bonds is 10. The molecule has 1 unspecified atom stereocenters. The maximum Gasteiger partial charge on any atom is 0.459 e. The number of hydrogen-bond donors (Lipinski definition) is 4. The summed E-state index contributed by atoms with van der Waals surface area (Å²) >= 11 is 0. The first-order valence-corrected chi connectivity index (χ1v) is 13.6. The molecule has 14 nitrogen and oxygen atoms in total. The molecule has 212 valence electrons. The predicted octanol–water partition coefficient (Wildman–Crippen LogP) is 1.82. The second-order valence-corrected chi connectivity index (χ2v) is 11.1. The first-order valence-electron chi connectivity index (χ1n) is 12.0. The second-order valence-electron chi connectivity index (χ2n) is 9.43. The van der Waals surface area contributed by atoms with Crippen molar-refractivity contribution in [3.05, 3.63) is 47.0 Å². The van der Waals surface area contributed by atoms with Crippen LogP contribution in [0.15, 0.2) is 41.5 Å². The van der Waals surface area contributed by atoms with E-state index in [1.807, 2.05) is 0 Å². The number of benzene rings is 1. The summed E-state index contributed by atoms with van der Waals surface area (Å²) in [5, 5.41) is 13.3. The van der Waals surface area contributed by atoms with Gasteiger partial charge in [-0.3, -0.25) is 23.7 Å². The molecule has 1 aliphatic rings. The molecular weight excluding hydrogens is 538 g/mol. The lowest BCUT2D eigenvalue weighted by Crippen LogP contribution is -2.41. The van der Waals surface area contributed by atoms with E-state index in [9.17, 15) is 19.3 Å². The van der Waals surface area contributed by atoms with Crippen LogP contribution in [0.25, 0.3) is 11.2 Å². The summed E-state index contributed by atoms with van der Waals surface area (Å²) in [4.78, 5) is 34.7. The number of nitrogen functional groups attached to an aromatic ring is 1. The molecule has 16 heteroatoms. The van der Waals surface area contributed by atoms with Gasteiger partial charge in [0, 0.05) is 0 Å². The van der Waals surface area contributed by atoms with Gasteiger partial charge >= 0.3 is 13.7 Å². The van der Waals surface area contributed by atoms with Crippen LogP contribution in [0, 0.1) is 0 Å². The van der Waals surface area contributed by atoms with Crippen molar-refractivity contribution < 1.29 is 37.4 Å². The number of esters is 1. The number of halogens is 1. The van der Waals surface area contributed by atoms with E-state index in [0.717, 1.165) is 17.8 Å². The number of imidazole rings is 1. The lowest BCUT2D eigenvalue weighted by atomic mass is 9.98. The molecule has 1 aliphatic heterocycles. The average molecular weight is 568 g/mol. The Morgan fingerprint density at radius 3 is 2.72 bits per heavy atom. The minimum atomic E-state index is -4.31. The van der Waals surface area contributed by atoms with Crippen LogP contribution in [0.5, 0.6) is 5.75 Å². The zero-order valence-corrected chi connectivity index (χ0v) is 22.5. The Kier molecular flexibility index (Phi) is 8.09. The van der Waals surface area contributed by atoms with E-state index in [1.165, 1.54) is 19.1 Å². The Morgan fingerprint density at radius 1 is 1.36 bits per heavy atom. The zero-order chi connectivity index (χ0) is 28.5. The highest BCUT2D eigenvalue weighted by molar-refractivity contribution is 7.52. The summed E-state index contributed by atoms with van der Waals surface area (Å²) in [7, 11) is -4.31. The number of nitrogens with one attached hydrogen (secondary N) is 2. The van der Waals surface area contributed by atoms with Crippen molar-refractivity contribution in [3.63, 3.8) is 0 Å². The molecule has 6 atom stereocenters. The van der Waals surface area contributed by atoms with Gasteiger partial charge in [0.2, 0.25) is 5.95 Å². The van der Waals surface area contributed by atoms with Crippen molar-refractivity contribution in [3.8, 4) is 5.75 Å². The first kappa shape index (κ1) is 28.6. The summed E-state index contributed by atoms with van der Waals surface area (Å²) in [6.07, 6.45) is -3.90. The fourth-order valence-corrected chi connectivity index (χ4v) is 5.47. The summed E-state index contributed by atoms with van der Waals surface area (Å²) in [6.45, 7) is 5.22. The molecule has 1 aromatic carbocycles. The third-order valence-corrected chi connectivity index (χ3v) is 7.50. The lowest BCUT2D eigenvalue weighted by molar-refractivity contribution is -0.149.